The van der Waals surface area contributed by atoms with E-state index in [4.69, 9.17) is 4.74 Å². The van der Waals surface area contributed by atoms with Gasteiger partial charge in [0.1, 0.15) is 0 Å². The minimum Gasteiger partial charge on any atom is -0.452 e. The van der Waals surface area contributed by atoms with Gasteiger partial charge in [0.15, 0.2) is 6.10 Å². The Hall–Kier alpha value is -2.80. The van der Waals surface area contributed by atoms with Gasteiger partial charge in [-0.2, -0.15) is 0 Å². The second-order valence-corrected chi connectivity index (χ2v) is 8.56. The van der Waals surface area contributed by atoms with E-state index in [1.54, 1.807) is 11.8 Å². The van der Waals surface area contributed by atoms with Crippen LogP contribution in [0.4, 0.5) is 11.4 Å². The average molecular weight is 410 g/mol. The van der Waals surface area contributed by atoms with Crippen LogP contribution in [0.15, 0.2) is 53.4 Å². The van der Waals surface area contributed by atoms with E-state index in [0.717, 1.165) is 28.3 Å². The van der Waals surface area contributed by atoms with Crippen LogP contribution in [0.25, 0.3) is 0 Å². The third kappa shape index (κ3) is 3.87. The monoisotopic (exact) mass is 410 g/mol. The standard InChI is InChI=1S/C22H22N2O4S/c1-13-11-15-7-3-5-9-17(15)24(13)22(27)14(2)28-20(25)12-19-21(26)23-16-8-4-6-10-18(16)29-19/h3-10,13-14,19H,11-12H2,1-2H3,(H,23,26)/t13-,14+,19+/m0/s1. The number of carbonyl (C=O) groups excluding carboxylic acids is 3. The van der Waals surface area contributed by atoms with Gasteiger partial charge in [-0.25, -0.2) is 0 Å². The summed E-state index contributed by atoms with van der Waals surface area (Å²) in [6, 6.07) is 15.2. The van der Waals surface area contributed by atoms with Crippen molar-refractivity contribution in [1.29, 1.82) is 0 Å². The van der Waals surface area contributed by atoms with Crippen LogP contribution in [0.3, 0.4) is 0 Å². The molecule has 2 heterocycles. The van der Waals surface area contributed by atoms with Gasteiger partial charge in [-0.05, 0) is 44.0 Å². The van der Waals surface area contributed by atoms with Crippen LogP contribution in [-0.4, -0.2) is 35.2 Å². The number of benzene rings is 2. The number of hydrogen-bond donors (Lipinski definition) is 1. The fourth-order valence-corrected chi connectivity index (χ4v) is 4.87. The number of nitrogens with zero attached hydrogens (tertiary/aromatic N) is 1. The van der Waals surface area contributed by atoms with Gasteiger partial charge in [0.25, 0.3) is 5.91 Å². The van der Waals surface area contributed by atoms with E-state index in [1.807, 2.05) is 55.5 Å². The molecule has 6 nitrogen and oxygen atoms in total. The average Bonchev–Trinajstić information content (AvgIpc) is 3.03. The second kappa shape index (κ2) is 7.91. The van der Waals surface area contributed by atoms with E-state index in [-0.39, 0.29) is 24.3 Å². The van der Waals surface area contributed by atoms with Crippen LogP contribution in [-0.2, 0) is 25.5 Å². The lowest BCUT2D eigenvalue weighted by atomic mass is 10.1. The van der Waals surface area contributed by atoms with Crippen LogP contribution in [0.5, 0.6) is 0 Å². The summed E-state index contributed by atoms with van der Waals surface area (Å²) < 4.78 is 5.40. The molecule has 1 N–H and O–H groups in total. The fraction of sp³-hybridized carbons (Fsp3) is 0.318. The van der Waals surface area contributed by atoms with Crippen LogP contribution in [0, 0.1) is 0 Å². The molecule has 3 atom stereocenters. The maximum Gasteiger partial charge on any atom is 0.308 e. The molecule has 0 saturated heterocycles. The molecule has 0 bridgehead atoms. The van der Waals surface area contributed by atoms with Crippen LogP contribution >= 0.6 is 11.8 Å². The summed E-state index contributed by atoms with van der Waals surface area (Å²) in [5.41, 5.74) is 2.73. The first-order chi connectivity index (χ1) is 13.9. The van der Waals surface area contributed by atoms with E-state index in [1.165, 1.54) is 11.8 Å². The van der Waals surface area contributed by atoms with Crippen LogP contribution in [0.2, 0.25) is 0 Å². The number of carbonyl (C=O) groups is 3. The highest BCUT2D eigenvalue weighted by Crippen LogP contribution is 2.37. The third-order valence-corrected chi connectivity index (χ3v) is 6.43. The lowest BCUT2D eigenvalue weighted by Crippen LogP contribution is -2.43. The number of nitrogens with one attached hydrogen (secondary N) is 1. The zero-order valence-corrected chi connectivity index (χ0v) is 17.1. The van der Waals surface area contributed by atoms with Gasteiger partial charge in [-0.3, -0.25) is 14.4 Å². The Morgan fingerprint density at radius 1 is 1.21 bits per heavy atom. The Kier molecular flexibility index (Phi) is 5.32. The quantitative estimate of drug-likeness (QED) is 0.782. The highest BCUT2D eigenvalue weighted by atomic mass is 32.2. The normalized spacial score (nSPS) is 21.0. The molecule has 0 fully saturated rings. The van der Waals surface area contributed by atoms with E-state index >= 15 is 0 Å². The molecule has 0 aromatic heterocycles. The molecule has 2 aromatic rings. The Bertz CT molecular complexity index is 977. The highest BCUT2D eigenvalue weighted by Gasteiger charge is 2.35. The van der Waals surface area contributed by atoms with Crippen molar-refractivity contribution >= 4 is 40.9 Å². The molecule has 0 radical (unpaired) electrons. The molecule has 2 amide bonds. The molecule has 2 aromatic carbocycles. The molecule has 0 saturated carbocycles. The zero-order chi connectivity index (χ0) is 20.5. The lowest BCUT2D eigenvalue weighted by molar-refractivity contribution is -0.154. The predicted octanol–water partition coefficient (Wildman–Crippen LogP) is 3.40. The SMILES string of the molecule is C[C@@H](OC(=O)C[C@H]1Sc2ccccc2NC1=O)C(=O)N1c2ccccc2C[C@@H]1C. The van der Waals surface area contributed by atoms with Crippen LogP contribution in [0.1, 0.15) is 25.8 Å². The Morgan fingerprint density at radius 2 is 1.93 bits per heavy atom. The number of fused-ring (bicyclic) bond motifs is 2. The first-order valence-electron chi connectivity index (χ1n) is 9.61. The molecule has 7 heteroatoms. The van der Waals surface area contributed by atoms with Crippen molar-refractivity contribution in [3.05, 3.63) is 54.1 Å². The Balaban J connectivity index is 1.39. The number of amides is 2. The number of anilines is 2. The van der Waals surface area contributed by atoms with Crippen LogP contribution < -0.4 is 10.2 Å². The number of hydrogen-bond acceptors (Lipinski definition) is 5. The Morgan fingerprint density at radius 3 is 2.76 bits per heavy atom. The molecule has 150 valence electrons. The molecule has 2 aliphatic rings. The van der Waals surface area contributed by atoms with Gasteiger partial charge in [0, 0.05) is 16.6 Å². The van der Waals surface area contributed by atoms with Gasteiger partial charge in [0.05, 0.1) is 17.4 Å². The number of rotatable bonds is 4. The van der Waals surface area contributed by atoms with Crippen molar-refractivity contribution in [2.75, 3.05) is 10.2 Å². The molecule has 0 unspecified atom stereocenters. The number of para-hydroxylation sites is 2. The van der Waals surface area contributed by atoms with Crippen molar-refractivity contribution in [3.63, 3.8) is 0 Å². The molecule has 0 aliphatic carbocycles. The summed E-state index contributed by atoms with van der Waals surface area (Å²) in [7, 11) is 0. The van der Waals surface area contributed by atoms with E-state index in [2.05, 4.69) is 5.32 Å². The largest absolute Gasteiger partial charge is 0.452 e. The molecular weight excluding hydrogens is 388 g/mol. The fourth-order valence-electron chi connectivity index (χ4n) is 3.77. The van der Waals surface area contributed by atoms with E-state index in [9.17, 15) is 14.4 Å². The molecule has 2 aliphatic heterocycles. The van der Waals surface area contributed by atoms with Crippen molar-refractivity contribution in [2.24, 2.45) is 0 Å². The van der Waals surface area contributed by atoms with Crippen molar-refractivity contribution in [3.8, 4) is 0 Å². The van der Waals surface area contributed by atoms with Gasteiger partial charge >= 0.3 is 5.97 Å². The minimum atomic E-state index is -0.917. The summed E-state index contributed by atoms with van der Waals surface area (Å²) in [5, 5.41) is 2.23. The highest BCUT2D eigenvalue weighted by molar-refractivity contribution is 8.01. The topological polar surface area (TPSA) is 75.7 Å². The van der Waals surface area contributed by atoms with Crippen molar-refractivity contribution in [1.82, 2.24) is 0 Å². The molecular formula is C22H22N2O4S. The van der Waals surface area contributed by atoms with Gasteiger partial charge in [0.2, 0.25) is 5.91 Å². The second-order valence-electron chi connectivity index (χ2n) is 7.32. The van der Waals surface area contributed by atoms with Gasteiger partial charge in [-0.15, -0.1) is 11.8 Å². The maximum absolute atomic E-state index is 12.9. The third-order valence-electron chi connectivity index (χ3n) is 5.16. The first kappa shape index (κ1) is 19.5. The van der Waals surface area contributed by atoms with Gasteiger partial charge in [-0.1, -0.05) is 30.3 Å². The predicted molar refractivity (Wildman–Crippen MR) is 112 cm³/mol. The van der Waals surface area contributed by atoms with E-state index in [0.29, 0.717) is 0 Å². The lowest BCUT2D eigenvalue weighted by Gasteiger charge is -2.27. The zero-order valence-electron chi connectivity index (χ0n) is 16.3. The number of esters is 1. The van der Waals surface area contributed by atoms with Crippen molar-refractivity contribution < 1.29 is 19.1 Å². The smallest absolute Gasteiger partial charge is 0.308 e. The summed E-state index contributed by atoms with van der Waals surface area (Å²) >= 11 is 1.34. The molecule has 4 rings (SSSR count). The van der Waals surface area contributed by atoms with Gasteiger partial charge < -0.3 is 15.0 Å². The minimum absolute atomic E-state index is 0.0113. The maximum atomic E-state index is 12.9. The molecule has 29 heavy (non-hydrogen) atoms. The first-order valence-corrected chi connectivity index (χ1v) is 10.5. The van der Waals surface area contributed by atoms with Crippen molar-refractivity contribution in [2.45, 2.75) is 49.0 Å². The summed E-state index contributed by atoms with van der Waals surface area (Å²) in [4.78, 5) is 40.3. The summed E-state index contributed by atoms with van der Waals surface area (Å²) in [6.07, 6.45) is -0.227. The molecule has 0 spiro atoms. The Labute approximate surface area is 173 Å². The van der Waals surface area contributed by atoms with E-state index < -0.39 is 17.3 Å². The summed E-state index contributed by atoms with van der Waals surface area (Å²) in [5.74, 6) is -1.04. The summed E-state index contributed by atoms with van der Waals surface area (Å²) in [6.45, 7) is 3.56. The number of ether oxygens (including phenoxy) is 1. The number of thioether (sulfide) groups is 1.